The summed E-state index contributed by atoms with van der Waals surface area (Å²) in [6, 6.07) is 4.81. The third-order valence-electron chi connectivity index (χ3n) is 4.89. The van der Waals surface area contributed by atoms with Crippen molar-refractivity contribution in [2.45, 2.75) is 44.8 Å². The number of aryl methyl sites for hydroxylation is 1. The summed E-state index contributed by atoms with van der Waals surface area (Å²) in [5, 5.41) is 13.7. The number of amides is 1. The van der Waals surface area contributed by atoms with Crippen LogP contribution in [0.5, 0.6) is 0 Å². The Bertz CT molecular complexity index is 632. The number of nitrogens with zero attached hydrogens (tertiary/aromatic N) is 2. The first-order valence-electron chi connectivity index (χ1n) is 8.45. The number of hydrogen-bond acceptors (Lipinski definition) is 5. The number of carbonyl (C=O) groups excluding carboxylic acids is 1. The van der Waals surface area contributed by atoms with Gasteiger partial charge in [0.25, 0.3) is 5.69 Å². The lowest BCUT2D eigenvalue weighted by Crippen LogP contribution is -2.54. The van der Waals surface area contributed by atoms with Crippen LogP contribution < -0.4 is 5.32 Å². The van der Waals surface area contributed by atoms with Crippen molar-refractivity contribution in [3.8, 4) is 0 Å². The van der Waals surface area contributed by atoms with Crippen molar-refractivity contribution in [3.63, 3.8) is 0 Å². The van der Waals surface area contributed by atoms with Crippen LogP contribution in [0.4, 0.5) is 11.4 Å². The number of fused-ring (bicyclic) bond motifs is 1. The Morgan fingerprint density at radius 1 is 1.42 bits per heavy atom. The molecule has 1 saturated carbocycles. The number of nitro groups is 1. The van der Waals surface area contributed by atoms with Gasteiger partial charge >= 0.3 is 0 Å². The van der Waals surface area contributed by atoms with Crippen molar-refractivity contribution in [1.29, 1.82) is 0 Å². The molecule has 2 fully saturated rings. The predicted octanol–water partition coefficient (Wildman–Crippen LogP) is 2.49. The number of morpholine rings is 1. The summed E-state index contributed by atoms with van der Waals surface area (Å²) < 4.78 is 5.83. The number of non-ortho nitro benzene ring substituents is 1. The first-order valence-corrected chi connectivity index (χ1v) is 8.45. The van der Waals surface area contributed by atoms with Gasteiger partial charge in [0.1, 0.15) is 0 Å². The van der Waals surface area contributed by atoms with Crippen molar-refractivity contribution >= 4 is 17.3 Å². The van der Waals surface area contributed by atoms with Crippen molar-refractivity contribution in [3.05, 3.63) is 33.9 Å². The third kappa shape index (κ3) is 3.73. The van der Waals surface area contributed by atoms with Crippen LogP contribution >= 0.6 is 0 Å². The molecule has 0 bridgehead atoms. The molecule has 3 rings (SSSR count). The van der Waals surface area contributed by atoms with Gasteiger partial charge in [-0.05, 0) is 31.4 Å². The highest BCUT2D eigenvalue weighted by molar-refractivity contribution is 5.93. The zero-order valence-corrected chi connectivity index (χ0v) is 13.9. The van der Waals surface area contributed by atoms with E-state index in [0.717, 1.165) is 19.4 Å². The summed E-state index contributed by atoms with van der Waals surface area (Å²) in [5.41, 5.74) is 1.35. The van der Waals surface area contributed by atoms with Gasteiger partial charge in [-0.25, -0.2) is 0 Å². The number of hydrogen-bond donors (Lipinski definition) is 1. The average molecular weight is 333 g/mol. The Kier molecular flexibility index (Phi) is 5.11. The molecule has 1 aliphatic heterocycles. The number of ether oxygens (including phenoxy) is 1. The van der Waals surface area contributed by atoms with E-state index in [1.54, 1.807) is 13.0 Å². The number of rotatable bonds is 4. The molecule has 24 heavy (non-hydrogen) atoms. The summed E-state index contributed by atoms with van der Waals surface area (Å²) in [4.78, 5) is 25.0. The molecule has 0 spiro atoms. The molecule has 2 aliphatic rings. The quantitative estimate of drug-likeness (QED) is 0.676. The van der Waals surface area contributed by atoms with Gasteiger partial charge in [-0.1, -0.05) is 12.8 Å². The van der Waals surface area contributed by atoms with Crippen LogP contribution in [0.2, 0.25) is 0 Å². The average Bonchev–Trinajstić information content (AvgIpc) is 2.57. The Balaban J connectivity index is 1.62. The van der Waals surface area contributed by atoms with Crippen molar-refractivity contribution in [1.82, 2.24) is 4.90 Å². The van der Waals surface area contributed by atoms with Gasteiger partial charge in [0, 0.05) is 30.4 Å². The highest BCUT2D eigenvalue weighted by Crippen LogP contribution is 2.28. The molecular formula is C17H23N3O4. The van der Waals surface area contributed by atoms with E-state index in [4.69, 9.17) is 4.74 Å². The SMILES string of the molecule is Cc1cc([N+](=O)[O-])ccc1NC(=O)CN1CCO[C@@H]2CCCC[C@H]21. The molecule has 1 amide bonds. The molecule has 7 nitrogen and oxygen atoms in total. The minimum atomic E-state index is -0.435. The minimum Gasteiger partial charge on any atom is -0.375 e. The standard InChI is InChI=1S/C17H23N3O4/c1-12-10-13(20(22)23)6-7-14(12)18-17(21)11-19-8-9-24-16-5-3-2-4-15(16)19/h6-7,10,15-16H,2-5,8-9,11H2,1H3,(H,18,21)/t15-,16-/m1/s1. The van der Waals surface area contributed by atoms with Crippen LogP contribution in [0.3, 0.4) is 0 Å². The van der Waals surface area contributed by atoms with E-state index in [1.165, 1.54) is 25.0 Å². The maximum Gasteiger partial charge on any atom is 0.269 e. The van der Waals surface area contributed by atoms with Crippen LogP contribution in [-0.4, -0.2) is 47.6 Å². The molecule has 130 valence electrons. The van der Waals surface area contributed by atoms with E-state index in [1.807, 2.05) is 0 Å². The molecule has 0 unspecified atom stereocenters. The number of nitrogens with one attached hydrogen (secondary N) is 1. The highest BCUT2D eigenvalue weighted by atomic mass is 16.6. The number of carbonyl (C=O) groups is 1. The third-order valence-corrected chi connectivity index (χ3v) is 4.89. The Morgan fingerprint density at radius 2 is 2.21 bits per heavy atom. The van der Waals surface area contributed by atoms with E-state index >= 15 is 0 Å². The fraction of sp³-hybridized carbons (Fsp3) is 0.588. The molecule has 1 aromatic carbocycles. The molecular weight excluding hydrogens is 310 g/mol. The summed E-state index contributed by atoms with van der Waals surface area (Å²) in [6.45, 7) is 3.54. The lowest BCUT2D eigenvalue weighted by molar-refractivity contribution is -0.384. The van der Waals surface area contributed by atoms with Crippen LogP contribution in [0.15, 0.2) is 18.2 Å². The van der Waals surface area contributed by atoms with Gasteiger partial charge in [0.15, 0.2) is 0 Å². The van der Waals surface area contributed by atoms with Crippen LogP contribution in [0, 0.1) is 17.0 Å². The van der Waals surface area contributed by atoms with Gasteiger partial charge in [-0.2, -0.15) is 0 Å². The largest absolute Gasteiger partial charge is 0.375 e. The Labute approximate surface area is 141 Å². The normalized spacial score (nSPS) is 24.2. The van der Waals surface area contributed by atoms with E-state index in [-0.39, 0.29) is 17.7 Å². The van der Waals surface area contributed by atoms with Gasteiger partial charge in [-0.3, -0.25) is 19.8 Å². The fourth-order valence-corrected chi connectivity index (χ4v) is 3.65. The topological polar surface area (TPSA) is 84.7 Å². The number of nitro benzene ring substituents is 1. The number of benzene rings is 1. The minimum absolute atomic E-state index is 0.0312. The zero-order chi connectivity index (χ0) is 17.1. The highest BCUT2D eigenvalue weighted by Gasteiger charge is 2.34. The van der Waals surface area contributed by atoms with E-state index in [0.29, 0.717) is 30.4 Å². The molecule has 1 N–H and O–H groups in total. The predicted molar refractivity (Wildman–Crippen MR) is 90.0 cm³/mol. The molecule has 1 aromatic rings. The van der Waals surface area contributed by atoms with Gasteiger partial charge in [0.05, 0.1) is 24.2 Å². The van der Waals surface area contributed by atoms with Crippen LogP contribution in [0.25, 0.3) is 0 Å². The monoisotopic (exact) mass is 333 g/mol. The summed E-state index contributed by atoms with van der Waals surface area (Å²) >= 11 is 0. The summed E-state index contributed by atoms with van der Waals surface area (Å²) in [5.74, 6) is -0.0850. The zero-order valence-electron chi connectivity index (χ0n) is 13.9. The molecule has 2 atom stereocenters. The number of anilines is 1. The van der Waals surface area contributed by atoms with Crippen LogP contribution in [-0.2, 0) is 9.53 Å². The molecule has 1 heterocycles. The first kappa shape index (κ1) is 16.9. The van der Waals surface area contributed by atoms with Gasteiger partial charge < -0.3 is 10.1 Å². The second-order valence-corrected chi connectivity index (χ2v) is 6.54. The van der Waals surface area contributed by atoms with Gasteiger partial charge in [-0.15, -0.1) is 0 Å². The summed E-state index contributed by atoms with van der Waals surface area (Å²) in [6.07, 6.45) is 4.79. The molecule has 1 aliphatic carbocycles. The Hall–Kier alpha value is -1.99. The van der Waals surface area contributed by atoms with Crippen molar-refractivity contribution in [2.24, 2.45) is 0 Å². The lowest BCUT2D eigenvalue weighted by atomic mass is 9.90. The maximum atomic E-state index is 12.4. The molecule has 0 radical (unpaired) electrons. The second-order valence-electron chi connectivity index (χ2n) is 6.54. The van der Waals surface area contributed by atoms with E-state index < -0.39 is 4.92 Å². The van der Waals surface area contributed by atoms with E-state index in [9.17, 15) is 14.9 Å². The maximum absolute atomic E-state index is 12.4. The molecule has 7 heteroatoms. The second kappa shape index (κ2) is 7.27. The Morgan fingerprint density at radius 3 is 2.96 bits per heavy atom. The van der Waals surface area contributed by atoms with Gasteiger partial charge in [0.2, 0.25) is 5.91 Å². The lowest BCUT2D eigenvalue weighted by Gasteiger charge is -2.43. The first-order chi connectivity index (χ1) is 11.5. The fourth-order valence-electron chi connectivity index (χ4n) is 3.65. The van der Waals surface area contributed by atoms with Crippen LogP contribution in [0.1, 0.15) is 31.2 Å². The van der Waals surface area contributed by atoms with Crippen molar-refractivity contribution in [2.75, 3.05) is 25.0 Å². The van der Waals surface area contributed by atoms with Crippen molar-refractivity contribution < 1.29 is 14.5 Å². The molecule has 0 aromatic heterocycles. The smallest absolute Gasteiger partial charge is 0.269 e. The summed E-state index contributed by atoms with van der Waals surface area (Å²) in [7, 11) is 0. The molecule has 1 saturated heterocycles. The van der Waals surface area contributed by atoms with E-state index in [2.05, 4.69) is 10.2 Å².